The molecule has 0 saturated heterocycles. The number of benzene rings is 2. The molecule has 30 heavy (non-hydrogen) atoms. The van der Waals surface area contributed by atoms with Crippen LogP contribution in [0, 0.1) is 24.1 Å². The maximum atomic E-state index is 13.4. The molecule has 0 spiro atoms. The summed E-state index contributed by atoms with van der Waals surface area (Å²) in [4.78, 5) is 4.05. The van der Waals surface area contributed by atoms with Crippen LogP contribution in [-0.2, 0) is 19.4 Å². The summed E-state index contributed by atoms with van der Waals surface area (Å²) in [5.74, 6) is 0.0829. The fourth-order valence-corrected chi connectivity index (χ4v) is 5.48. The molecule has 0 amide bonds. The minimum absolute atomic E-state index is 0.0186. The van der Waals surface area contributed by atoms with Gasteiger partial charge in [0.05, 0.1) is 12.1 Å². The zero-order chi connectivity index (χ0) is 21.2. The van der Waals surface area contributed by atoms with E-state index in [0.29, 0.717) is 25.3 Å². The average molecular weight is 428 g/mol. The van der Waals surface area contributed by atoms with Gasteiger partial charge < -0.3 is 5.11 Å². The third-order valence-electron chi connectivity index (χ3n) is 6.88. The third-order valence-corrected chi connectivity index (χ3v) is 7.39. The molecule has 1 fully saturated rings. The number of aromatic nitrogens is 3. The van der Waals surface area contributed by atoms with Crippen molar-refractivity contribution in [2.24, 2.45) is 11.3 Å². The zero-order valence-corrected chi connectivity index (χ0v) is 17.9. The number of hydrogen-bond donors (Lipinski definition) is 1. The minimum atomic E-state index is -1.07. The Labute approximate surface area is 181 Å². The lowest BCUT2D eigenvalue weighted by atomic mass is 9.67. The van der Waals surface area contributed by atoms with Crippen molar-refractivity contribution in [3.05, 3.63) is 83.7 Å². The van der Waals surface area contributed by atoms with E-state index >= 15 is 0 Å². The number of rotatable bonds is 7. The normalized spacial score (nSPS) is 26.2. The van der Waals surface area contributed by atoms with Crippen LogP contribution in [0.4, 0.5) is 4.39 Å². The Kier molecular flexibility index (Phi) is 5.94. The molecule has 0 radical (unpaired) electrons. The van der Waals surface area contributed by atoms with Gasteiger partial charge in [-0.3, -0.25) is 4.68 Å². The lowest BCUT2D eigenvalue weighted by molar-refractivity contribution is -0.0967. The molecule has 1 saturated carbocycles. The van der Waals surface area contributed by atoms with Gasteiger partial charge in [0.1, 0.15) is 18.5 Å². The quantitative estimate of drug-likeness (QED) is 0.561. The first-order valence-electron chi connectivity index (χ1n) is 10.4. The number of hydrogen-bond acceptors (Lipinski definition) is 3. The number of aliphatic hydroxyl groups is 1. The maximum Gasteiger partial charge on any atom is 0.137 e. The van der Waals surface area contributed by atoms with Gasteiger partial charge in [-0.05, 0) is 67.3 Å². The van der Waals surface area contributed by atoms with E-state index in [1.54, 1.807) is 23.1 Å². The topological polar surface area (TPSA) is 50.9 Å². The fraction of sp³-hybridized carbons (Fsp3) is 0.417. The fourth-order valence-electron chi connectivity index (χ4n) is 5.02. The van der Waals surface area contributed by atoms with Crippen LogP contribution >= 0.6 is 11.6 Å². The predicted octanol–water partition coefficient (Wildman–Crippen LogP) is 4.58. The lowest BCUT2D eigenvalue weighted by Gasteiger charge is -2.44. The summed E-state index contributed by atoms with van der Waals surface area (Å²) >= 11 is 6.63. The summed E-state index contributed by atoms with van der Waals surface area (Å²) in [7, 11) is 0. The monoisotopic (exact) mass is 427 g/mol. The van der Waals surface area contributed by atoms with E-state index in [1.165, 1.54) is 29.6 Å². The Hall–Kier alpha value is -2.24. The van der Waals surface area contributed by atoms with Crippen molar-refractivity contribution < 1.29 is 9.50 Å². The first-order chi connectivity index (χ1) is 14.5. The van der Waals surface area contributed by atoms with Gasteiger partial charge in [0.15, 0.2) is 0 Å². The molecular formula is C24H27ClFN3O. The Morgan fingerprint density at radius 2 is 1.97 bits per heavy atom. The largest absolute Gasteiger partial charge is 0.387 e. The molecule has 3 atom stereocenters. The van der Waals surface area contributed by atoms with Gasteiger partial charge in [0, 0.05) is 11.3 Å². The Morgan fingerprint density at radius 1 is 1.20 bits per heavy atom. The lowest BCUT2D eigenvalue weighted by Crippen LogP contribution is -2.54. The van der Waals surface area contributed by atoms with Gasteiger partial charge in [0.2, 0.25) is 0 Å². The maximum absolute atomic E-state index is 13.4. The van der Waals surface area contributed by atoms with Gasteiger partial charge in [-0.15, -0.1) is 11.6 Å². The smallest absolute Gasteiger partial charge is 0.137 e. The Morgan fingerprint density at radius 3 is 2.63 bits per heavy atom. The molecule has 1 N–H and O–H groups in total. The molecule has 2 aromatic carbocycles. The summed E-state index contributed by atoms with van der Waals surface area (Å²) in [6.07, 6.45) is 6.16. The van der Waals surface area contributed by atoms with Gasteiger partial charge in [-0.25, -0.2) is 9.37 Å². The van der Waals surface area contributed by atoms with Crippen molar-refractivity contribution in [3.8, 4) is 0 Å². The van der Waals surface area contributed by atoms with Crippen LogP contribution in [0.25, 0.3) is 0 Å². The van der Waals surface area contributed by atoms with Gasteiger partial charge >= 0.3 is 0 Å². The Bertz CT molecular complexity index is 978. The van der Waals surface area contributed by atoms with E-state index in [2.05, 4.69) is 29.1 Å². The standard InChI is InChI=1S/C24H27ClFN3O/c1-18-4-2-3-5-20(18)13-23(14-25)11-10-21(12-19-6-8-22(26)9-7-19)24(23,30)15-29-17-27-16-28-29/h2-9,16-17,21,30H,10-15H2,1H3/t21-,23+,24+/m1/s1. The summed E-state index contributed by atoms with van der Waals surface area (Å²) in [5, 5.41) is 16.5. The average Bonchev–Trinajstić information content (AvgIpc) is 3.33. The minimum Gasteiger partial charge on any atom is -0.387 e. The number of nitrogens with zero attached hydrogens (tertiary/aromatic N) is 3. The molecule has 4 rings (SSSR count). The highest BCUT2D eigenvalue weighted by Gasteiger charge is 2.59. The summed E-state index contributed by atoms with van der Waals surface area (Å²) in [6.45, 7) is 2.43. The van der Waals surface area contributed by atoms with E-state index in [-0.39, 0.29) is 11.7 Å². The van der Waals surface area contributed by atoms with Crippen LogP contribution in [0.15, 0.2) is 61.2 Å². The molecule has 0 aliphatic heterocycles. The highest BCUT2D eigenvalue weighted by atomic mass is 35.5. The molecule has 0 unspecified atom stereocenters. The zero-order valence-electron chi connectivity index (χ0n) is 17.1. The molecule has 6 heteroatoms. The van der Waals surface area contributed by atoms with E-state index in [1.807, 2.05) is 12.1 Å². The van der Waals surface area contributed by atoms with Crippen molar-refractivity contribution in [2.45, 2.75) is 44.8 Å². The summed E-state index contributed by atoms with van der Waals surface area (Å²) < 4.78 is 15.1. The van der Waals surface area contributed by atoms with E-state index in [0.717, 1.165) is 18.4 Å². The van der Waals surface area contributed by atoms with Crippen LogP contribution in [0.3, 0.4) is 0 Å². The SMILES string of the molecule is Cc1ccccc1C[C@]1(CCl)CC[C@H](Cc2ccc(F)cc2)[C@@]1(O)Cn1cncn1. The van der Waals surface area contributed by atoms with E-state index in [9.17, 15) is 9.50 Å². The first kappa shape index (κ1) is 21.0. The van der Waals surface area contributed by atoms with Crippen LogP contribution in [0.1, 0.15) is 29.5 Å². The van der Waals surface area contributed by atoms with Gasteiger partial charge in [-0.2, -0.15) is 5.10 Å². The second-order valence-electron chi connectivity index (χ2n) is 8.60. The van der Waals surface area contributed by atoms with Crippen molar-refractivity contribution in [2.75, 3.05) is 5.88 Å². The number of alkyl halides is 1. The molecule has 3 aromatic rings. The third kappa shape index (κ3) is 3.88. The number of halogens is 2. The van der Waals surface area contributed by atoms with Crippen LogP contribution in [0.5, 0.6) is 0 Å². The second-order valence-corrected chi connectivity index (χ2v) is 8.87. The predicted molar refractivity (Wildman–Crippen MR) is 116 cm³/mol. The molecule has 4 nitrogen and oxygen atoms in total. The molecule has 0 bridgehead atoms. The Balaban J connectivity index is 1.70. The van der Waals surface area contributed by atoms with Crippen LogP contribution in [-0.4, -0.2) is 31.4 Å². The molecule has 158 valence electrons. The first-order valence-corrected chi connectivity index (χ1v) is 10.9. The highest BCUT2D eigenvalue weighted by Crippen LogP contribution is 2.54. The van der Waals surface area contributed by atoms with Crippen molar-refractivity contribution in [1.82, 2.24) is 14.8 Å². The summed E-state index contributed by atoms with van der Waals surface area (Å²) in [5.41, 5.74) is 1.86. The highest BCUT2D eigenvalue weighted by molar-refractivity contribution is 6.18. The summed E-state index contributed by atoms with van der Waals surface area (Å²) in [6, 6.07) is 14.8. The molecule has 1 aliphatic rings. The number of aryl methyl sites for hydroxylation is 1. The van der Waals surface area contributed by atoms with Crippen molar-refractivity contribution in [3.63, 3.8) is 0 Å². The van der Waals surface area contributed by atoms with Crippen molar-refractivity contribution in [1.29, 1.82) is 0 Å². The second kappa shape index (κ2) is 8.48. The molecule has 1 aromatic heterocycles. The van der Waals surface area contributed by atoms with Crippen molar-refractivity contribution >= 4 is 11.6 Å². The molecule has 1 aliphatic carbocycles. The van der Waals surface area contributed by atoms with Gasteiger partial charge in [0.25, 0.3) is 0 Å². The van der Waals surface area contributed by atoms with E-state index < -0.39 is 11.0 Å². The van der Waals surface area contributed by atoms with Crippen LogP contribution < -0.4 is 0 Å². The van der Waals surface area contributed by atoms with Crippen LogP contribution in [0.2, 0.25) is 0 Å². The van der Waals surface area contributed by atoms with Gasteiger partial charge in [-0.1, -0.05) is 36.4 Å². The molecule has 1 heterocycles. The molecular weight excluding hydrogens is 401 g/mol. The van der Waals surface area contributed by atoms with E-state index in [4.69, 9.17) is 11.6 Å².